The molecule has 1 aromatic carbocycles. The number of rotatable bonds is 0. The number of halogens is 1. The van der Waals surface area contributed by atoms with Crippen LogP contribution in [-0.2, 0) is 0 Å². The molecule has 0 aliphatic rings. The topological polar surface area (TPSA) is 0 Å². The first-order valence-electron chi connectivity index (χ1n) is 3.51. The zero-order chi connectivity index (χ0) is 7.98. The van der Waals surface area contributed by atoms with Gasteiger partial charge in [0.05, 0.1) is 0 Å². The average Bonchev–Trinajstić information content (AvgIpc) is 1.91. The molecule has 0 atom stereocenters. The van der Waals surface area contributed by atoms with Crippen LogP contribution in [0.15, 0.2) is 24.3 Å². The summed E-state index contributed by atoms with van der Waals surface area (Å²) in [5, 5.41) is 0.810. The highest BCUT2D eigenvalue weighted by Gasteiger charge is 1.82. The lowest BCUT2D eigenvalue weighted by Crippen LogP contribution is -1.66. The minimum Gasteiger partial charge on any atom is -0.0843 e. The Kier molecular flexibility index (Phi) is 5.05. The van der Waals surface area contributed by atoms with E-state index < -0.39 is 0 Å². The van der Waals surface area contributed by atoms with Gasteiger partial charge in [0.1, 0.15) is 0 Å². The summed E-state index contributed by atoms with van der Waals surface area (Å²) in [6.45, 7) is 6.02. The molecule has 0 bridgehead atoms. The maximum atomic E-state index is 5.64. The van der Waals surface area contributed by atoms with Crippen LogP contribution in [0.25, 0.3) is 0 Å². The van der Waals surface area contributed by atoms with Crippen molar-refractivity contribution >= 4 is 11.6 Å². The van der Waals surface area contributed by atoms with Gasteiger partial charge in [0.25, 0.3) is 0 Å². The second-order valence-corrected chi connectivity index (χ2v) is 2.24. The standard InChI is InChI=1S/C7H7Cl.C2H6/c1-6-3-2-4-7(8)5-6;1-2/h2-5H,1H3;1-2H3. The lowest BCUT2D eigenvalue weighted by Gasteiger charge is -1.88. The Hall–Kier alpha value is -0.490. The minimum atomic E-state index is 0.810. The molecule has 10 heavy (non-hydrogen) atoms. The molecule has 0 aliphatic carbocycles. The first-order valence-corrected chi connectivity index (χ1v) is 3.89. The van der Waals surface area contributed by atoms with Gasteiger partial charge >= 0.3 is 0 Å². The summed E-state index contributed by atoms with van der Waals surface area (Å²) in [5.74, 6) is 0. The van der Waals surface area contributed by atoms with Crippen molar-refractivity contribution in [1.82, 2.24) is 0 Å². The summed E-state index contributed by atoms with van der Waals surface area (Å²) in [6, 6.07) is 7.76. The zero-order valence-electron chi connectivity index (χ0n) is 6.69. The van der Waals surface area contributed by atoms with E-state index in [9.17, 15) is 0 Å². The van der Waals surface area contributed by atoms with Gasteiger partial charge in [-0.15, -0.1) is 0 Å². The van der Waals surface area contributed by atoms with Gasteiger partial charge in [0.15, 0.2) is 0 Å². The maximum absolute atomic E-state index is 5.64. The largest absolute Gasteiger partial charge is 0.0843 e. The maximum Gasteiger partial charge on any atom is 0.0408 e. The van der Waals surface area contributed by atoms with Gasteiger partial charge < -0.3 is 0 Å². The van der Waals surface area contributed by atoms with E-state index in [1.165, 1.54) is 5.56 Å². The normalized spacial score (nSPS) is 8.00. The quantitative estimate of drug-likeness (QED) is 0.538. The Bertz CT molecular complexity index is 165. The Balaban J connectivity index is 0.000000371. The van der Waals surface area contributed by atoms with Crippen molar-refractivity contribution in [2.75, 3.05) is 0 Å². The molecule has 0 spiro atoms. The van der Waals surface area contributed by atoms with Crippen molar-refractivity contribution in [3.8, 4) is 0 Å². The van der Waals surface area contributed by atoms with E-state index in [2.05, 4.69) is 0 Å². The highest BCUT2D eigenvalue weighted by molar-refractivity contribution is 6.30. The summed E-state index contributed by atoms with van der Waals surface area (Å²) in [7, 11) is 0. The first kappa shape index (κ1) is 9.51. The third-order valence-electron chi connectivity index (χ3n) is 0.980. The Labute approximate surface area is 67.8 Å². The number of benzene rings is 1. The van der Waals surface area contributed by atoms with E-state index in [0.717, 1.165) is 5.02 Å². The highest BCUT2D eigenvalue weighted by atomic mass is 35.5. The molecule has 1 heteroatoms. The monoisotopic (exact) mass is 156 g/mol. The molecule has 0 aromatic heterocycles. The third kappa shape index (κ3) is 3.52. The van der Waals surface area contributed by atoms with E-state index >= 15 is 0 Å². The smallest absolute Gasteiger partial charge is 0.0408 e. The van der Waals surface area contributed by atoms with E-state index in [0.29, 0.717) is 0 Å². The summed E-state index contributed by atoms with van der Waals surface area (Å²) < 4.78 is 0. The van der Waals surface area contributed by atoms with Crippen molar-refractivity contribution in [2.45, 2.75) is 20.8 Å². The fourth-order valence-electron chi connectivity index (χ4n) is 0.606. The van der Waals surface area contributed by atoms with Crippen LogP contribution in [0.2, 0.25) is 5.02 Å². The Morgan fingerprint density at radius 2 is 1.80 bits per heavy atom. The van der Waals surface area contributed by atoms with Crippen LogP contribution in [-0.4, -0.2) is 0 Å². The highest BCUT2D eigenvalue weighted by Crippen LogP contribution is 2.08. The van der Waals surface area contributed by atoms with Gasteiger partial charge in [-0.25, -0.2) is 0 Å². The van der Waals surface area contributed by atoms with Gasteiger partial charge in [-0.2, -0.15) is 0 Å². The summed E-state index contributed by atoms with van der Waals surface area (Å²) in [6.07, 6.45) is 0. The molecule has 0 radical (unpaired) electrons. The van der Waals surface area contributed by atoms with E-state index in [4.69, 9.17) is 11.6 Å². The molecule has 0 nitrogen and oxygen atoms in total. The lowest BCUT2D eigenvalue weighted by molar-refractivity contribution is 1.47. The van der Waals surface area contributed by atoms with Gasteiger partial charge in [-0.1, -0.05) is 37.6 Å². The predicted molar refractivity (Wildman–Crippen MR) is 47.5 cm³/mol. The fraction of sp³-hybridized carbons (Fsp3) is 0.333. The molecule has 1 rings (SSSR count). The molecule has 0 saturated heterocycles. The summed E-state index contributed by atoms with van der Waals surface area (Å²) in [5.41, 5.74) is 1.21. The molecule has 1 aromatic rings. The number of hydrogen-bond acceptors (Lipinski definition) is 0. The van der Waals surface area contributed by atoms with Crippen molar-refractivity contribution in [1.29, 1.82) is 0 Å². The molecule has 0 fully saturated rings. The second kappa shape index (κ2) is 5.31. The molecular weight excluding hydrogens is 144 g/mol. The van der Waals surface area contributed by atoms with Crippen LogP contribution in [0, 0.1) is 6.92 Å². The Morgan fingerprint density at radius 1 is 1.20 bits per heavy atom. The third-order valence-corrected chi connectivity index (χ3v) is 1.22. The van der Waals surface area contributed by atoms with Crippen LogP contribution in [0.4, 0.5) is 0 Å². The van der Waals surface area contributed by atoms with Crippen LogP contribution in [0.1, 0.15) is 19.4 Å². The molecule has 56 valence electrons. The lowest BCUT2D eigenvalue weighted by atomic mass is 10.2. The predicted octanol–water partition coefficient (Wildman–Crippen LogP) is 3.67. The molecule has 0 aliphatic heterocycles. The number of aryl methyl sites for hydroxylation is 1. The average molecular weight is 157 g/mol. The Morgan fingerprint density at radius 3 is 2.10 bits per heavy atom. The first-order chi connectivity index (χ1) is 4.79. The van der Waals surface area contributed by atoms with Crippen molar-refractivity contribution in [3.05, 3.63) is 34.9 Å². The van der Waals surface area contributed by atoms with Crippen molar-refractivity contribution in [3.63, 3.8) is 0 Å². The minimum absolute atomic E-state index is 0.810. The second-order valence-electron chi connectivity index (χ2n) is 1.80. The van der Waals surface area contributed by atoms with Gasteiger partial charge in [-0.05, 0) is 24.6 Å². The van der Waals surface area contributed by atoms with Crippen LogP contribution >= 0.6 is 11.6 Å². The van der Waals surface area contributed by atoms with Gasteiger partial charge in [0, 0.05) is 5.02 Å². The summed E-state index contributed by atoms with van der Waals surface area (Å²) in [4.78, 5) is 0. The number of hydrogen-bond donors (Lipinski definition) is 0. The molecule has 0 unspecified atom stereocenters. The molecular formula is C9H13Cl. The SMILES string of the molecule is CC.Cc1cccc(Cl)c1. The molecule has 0 heterocycles. The van der Waals surface area contributed by atoms with Gasteiger partial charge in [-0.3, -0.25) is 0 Å². The van der Waals surface area contributed by atoms with E-state index in [-0.39, 0.29) is 0 Å². The molecule has 0 amide bonds. The fourth-order valence-corrected chi connectivity index (χ4v) is 0.850. The molecule has 0 N–H and O–H groups in total. The van der Waals surface area contributed by atoms with Crippen LogP contribution in [0.5, 0.6) is 0 Å². The van der Waals surface area contributed by atoms with Crippen molar-refractivity contribution < 1.29 is 0 Å². The zero-order valence-corrected chi connectivity index (χ0v) is 7.44. The van der Waals surface area contributed by atoms with E-state index in [1.807, 2.05) is 45.0 Å². The van der Waals surface area contributed by atoms with Crippen molar-refractivity contribution in [2.24, 2.45) is 0 Å². The van der Waals surface area contributed by atoms with Crippen LogP contribution < -0.4 is 0 Å². The summed E-state index contributed by atoms with van der Waals surface area (Å²) >= 11 is 5.64. The van der Waals surface area contributed by atoms with E-state index in [1.54, 1.807) is 0 Å². The van der Waals surface area contributed by atoms with Crippen LogP contribution in [0.3, 0.4) is 0 Å². The molecule has 0 saturated carbocycles. The van der Waals surface area contributed by atoms with Gasteiger partial charge in [0.2, 0.25) is 0 Å².